The van der Waals surface area contributed by atoms with E-state index >= 15 is 4.39 Å². The van der Waals surface area contributed by atoms with E-state index in [1.54, 1.807) is 6.07 Å². The number of pyridine rings is 1. The molecule has 1 saturated heterocycles. The SMILES string of the molecule is Cn1c(=O)c(Cc2cccc(CCC(=O)O)c2F)c(C(F)(F)F)c2cc(CCN3CCC(F)(F)CC3)ccc21. The maximum atomic E-state index is 15.1. The van der Waals surface area contributed by atoms with Crippen LogP contribution in [-0.2, 0) is 37.3 Å². The van der Waals surface area contributed by atoms with Gasteiger partial charge in [-0.3, -0.25) is 9.59 Å². The molecule has 0 spiro atoms. The number of aryl methyl sites for hydroxylation is 2. The largest absolute Gasteiger partial charge is 0.481 e. The molecule has 3 aromatic rings. The van der Waals surface area contributed by atoms with E-state index in [-0.39, 0.29) is 60.8 Å². The Balaban J connectivity index is 1.72. The second-order valence-corrected chi connectivity index (χ2v) is 9.98. The van der Waals surface area contributed by atoms with E-state index in [1.807, 2.05) is 4.90 Å². The lowest BCUT2D eigenvalue weighted by Gasteiger charge is -2.31. The van der Waals surface area contributed by atoms with E-state index < -0.39 is 47.0 Å². The van der Waals surface area contributed by atoms with Crippen molar-refractivity contribution in [2.75, 3.05) is 19.6 Å². The summed E-state index contributed by atoms with van der Waals surface area (Å²) in [5, 5.41) is 8.69. The van der Waals surface area contributed by atoms with Crippen LogP contribution < -0.4 is 5.56 Å². The van der Waals surface area contributed by atoms with E-state index in [9.17, 15) is 31.5 Å². The van der Waals surface area contributed by atoms with Gasteiger partial charge in [-0.1, -0.05) is 24.3 Å². The summed E-state index contributed by atoms with van der Waals surface area (Å²) in [6.07, 6.45) is -6.24. The molecule has 210 valence electrons. The highest BCUT2D eigenvalue weighted by molar-refractivity contribution is 5.85. The number of rotatable bonds is 8. The second kappa shape index (κ2) is 11.0. The first kappa shape index (κ1) is 28.7. The number of hydrogen-bond donors (Lipinski definition) is 1. The van der Waals surface area contributed by atoms with Crippen molar-refractivity contribution in [1.29, 1.82) is 0 Å². The highest BCUT2D eigenvalue weighted by Gasteiger charge is 2.38. The molecule has 5 nitrogen and oxygen atoms in total. The molecule has 39 heavy (non-hydrogen) atoms. The predicted molar refractivity (Wildman–Crippen MR) is 134 cm³/mol. The summed E-state index contributed by atoms with van der Waals surface area (Å²) in [6, 6.07) is 8.47. The molecule has 1 fully saturated rings. The van der Waals surface area contributed by atoms with Crippen LogP contribution >= 0.6 is 0 Å². The number of halogens is 6. The van der Waals surface area contributed by atoms with E-state index in [2.05, 4.69) is 0 Å². The average molecular weight is 555 g/mol. The zero-order chi connectivity index (χ0) is 28.5. The van der Waals surface area contributed by atoms with Crippen LogP contribution in [0, 0.1) is 5.82 Å². The minimum Gasteiger partial charge on any atom is -0.481 e. The zero-order valence-electron chi connectivity index (χ0n) is 21.3. The quantitative estimate of drug-likeness (QED) is 0.370. The van der Waals surface area contributed by atoms with Gasteiger partial charge >= 0.3 is 12.1 Å². The van der Waals surface area contributed by atoms with Gasteiger partial charge in [-0.05, 0) is 41.7 Å². The molecule has 4 rings (SSSR count). The number of likely N-dealkylation sites (tertiary alicyclic amines) is 1. The fourth-order valence-corrected chi connectivity index (χ4v) is 5.09. The molecule has 0 bridgehead atoms. The number of hydrogen-bond acceptors (Lipinski definition) is 3. The lowest BCUT2D eigenvalue weighted by Crippen LogP contribution is -2.40. The Morgan fingerprint density at radius 2 is 1.72 bits per heavy atom. The third-order valence-electron chi connectivity index (χ3n) is 7.28. The normalized spacial score (nSPS) is 16.1. The van der Waals surface area contributed by atoms with Crippen LogP contribution in [0.2, 0.25) is 0 Å². The molecular formula is C28H28F6N2O3. The fourth-order valence-electron chi connectivity index (χ4n) is 5.09. The van der Waals surface area contributed by atoms with E-state index in [4.69, 9.17) is 5.11 Å². The van der Waals surface area contributed by atoms with Crippen molar-refractivity contribution in [1.82, 2.24) is 9.47 Å². The number of aromatic nitrogens is 1. The maximum Gasteiger partial charge on any atom is 0.417 e. The van der Waals surface area contributed by atoms with Crippen molar-refractivity contribution in [2.45, 2.75) is 50.6 Å². The summed E-state index contributed by atoms with van der Waals surface area (Å²) >= 11 is 0. The van der Waals surface area contributed by atoms with Crippen LogP contribution in [0.4, 0.5) is 26.3 Å². The first-order valence-corrected chi connectivity index (χ1v) is 12.6. The number of piperidine rings is 1. The van der Waals surface area contributed by atoms with Gasteiger partial charge in [0.25, 0.3) is 11.5 Å². The summed E-state index contributed by atoms with van der Waals surface area (Å²) in [4.78, 5) is 25.9. The first-order valence-electron chi connectivity index (χ1n) is 12.6. The minimum absolute atomic E-state index is 0.0406. The van der Waals surface area contributed by atoms with Crippen LogP contribution in [0.3, 0.4) is 0 Å². The van der Waals surface area contributed by atoms with Crippen molar-refractivity contribution in [2.24, 2.45) is 7.05 Å². The smallest absolute Gasteiger partial charge is 0.417 e. The number of alkyl halides is 5. The van der Waals surface area contributed by atoms with Gasteiger partial charge in [0.15, 0.2) is 0 Å². The molecule has 0 saturated carbocycles. The number of aliphatic carboxylic acids is 1. The number of carboxylic acids is 1. The summed E-state index contributed by atoms with van der Waals surface area (Å²) in [6.45, 7) is 0.796. The number of fused-ring (bicyclic) bond motifs is 1. The average Bonchev–Trinajstić information content (AvgIpc) is 2.86. The van der Waals surface area contributed by atoms with Crippen LogP contribution in [0.15, 0.2) is 41.2 Å². The molecule has 2 aromatic carbocycles. The standard InChI is InChI=1S/C28H28F6N2O3/c1-35-22-7-5-17(9-12-36-13-10-27(30,31)11-14-36)15-20(22)24(28(32,33)34)21(26(35)39)16-19-4-2-3-18(25(19)29)6-8-23(37)38/h2-5,7,15H,6,8-14,16H2,1H3,(H,37,38). The molecule has 2 heterocycles. The summed E-state index contributed by atoms with van der Waals surface area (Å²) < 4.78 is 86.6. The Morgan fingerprint density at radius 1 is 1.05 bits per heavy atom. The van der Waals surface area contributed by atoms with Gasteiger partial charge in [0.2, 0.25) is 0 Å². The second-order valence-electron chi connectivity index (χ2n) is 9.98. The Bertz CT molecular complexity index is 1440. The molecule has 1 N–H and O–H groups in total. The van der Waals surface area contributed by atoms with Crippen LogP contribution in [0.25, 0.3) is 10.9 Å². The third kappa shape index (κ3) is 6.46. The third-order valence-corrected chi connectivity index (χ3v) is 7.28. The molecule has 1 aliphatic rings. The van der Waals surface area contributed by atoms with Crippen molar-refractivity contribution in [3.63, 3.8) is 0 Å². The van der Waals surface area contributed by atoms with Crippen molar-refractivity contribution >= 4 is 16.9 Å². The van der Waals surface area contributed by atoms with Crippen molar-refractivity contribution in [3.8, 4) is 0 Å². The molecular weight excluding hydrogens is 526 g/mol. The minimum atomic E-state index is -4.92. The number of carbonyl (C=O) groups is 1. The monoisotopic (exact) mass is 554 g/mol. The van der Waals surface area contributed by atoms with Gasteiger partial charge in [-0.2, -0.15) is 13.2 Å². The zero-order valence-corrected chi connectivity index (χ0v) is 21.3. The van der Waals surface area contributed by atoms with Gasteiger partial charge in [0.1, 0.15) is 5.82 Å². The van der Waals surface area contributed by atoms with Gasteiger partial charge in [-0.25, -0.2) is 13.2 Å². The summed E-state index contributed by atoms with van der Waals surface area (Å²) in [5.74, 6) is -4.68. The number of nitrogens with zero attached hydrogens (tertiary/aromatic N) is 2. The molecule has 0 aliphatic carbocycles. The molecule has 0 unspecified atom stereocenters. The Kier molecular flexibility index (Phi) is 8.11. The van der Waals surface area contributed by atoms with E-state index in [0.29, 0.717) is 18.5 Å². The van der Waals surface area contributed by atoms with E-state index in [1.165, 1.54) is 37.4 Å². The van der Waals surface area contributed by atoms with Crippen molar-refractivity contribution < 1.29 is 36.2 Å². The molecule has 11 heteroatoms. The first-order chi connectivity index (χ1) is 18.3. The van der Waals surface area contributed by atoms with Crippen LogP contribution in [0.1, 0.15) is 47.1 Å². The number of carboxylic acid groups (broad SMARTS) is 1. The predicted octanol–water partition coefficient (Wildman–Crippen LogP) is 5.58. The number of benzene rings is 2. The summed E-state index contributed by atoms with van der Waals surface area (Å²) in [7, 11) is 1.35. The Hall–Kier alpha value is -3.34. The molecule has 0 radical (unpaired) electrons. The maximum absolute atomic E-state index is 15.1. The molecule has 0 atom stereocenters. The van der Waals surface area contributed by atoms with Gasteiger partial charge in [0, 0.05) is 63.3 Å². The Morgan fingerprint density at radius 3 is 2.36 bits per heavy atom. The van der Waals surface area contributed by atoms with Gasteiger partial charge in [-0.15, -0.1) is 0 Å². The summed E-state index contributed by atoms with van der Waals surface area (Å²) in [5.41, 5.74) is -2.15. The topological polar surface area (TPSA) is 62.5 Å². The molecule has 1 aliphatic heterocycles. The Labute approximate surface area is 220 Å². The van der Waals surface area contributed by atoms with Crippen LogP contribution in [0.5, 0.6) is 0 Å². The van der Waals surface area contributed by atoms with E-state index in [0.717, 1.165) is 4.57 Å². The van der Waals surface area contributed by atoms with Gasteiger partial charge in [0.05, 0.1) is 11.1 Å². The lowest BCUT2D eigenvalue weighted by molar-refractivity contribution is -0.137. The van der Waals surface area contributed by atoms with Crippen LogP contribution in [-0.4, -0.2) is 46.1 Å². The van der Waals surface area contributed by atoms with Crippen molar-refractivity contribution in [3.05, 3.63) is 80.4 Å². The highest BCUT2D eigenvalue weighted by atomic mass is 19.4. The fraction of sp³-hybridized carbons (Fsp3) is 0.429. The lowest BCUT2D eigenvalue weighted by atomic mass is 9.94. The highest BCUT2D eigenvalue weighted by Crippen LogP contribution is 2.38. The molecule has 1 aromatic heterocycles. The molecule has 0 amide bonds. The van der Waals surface area contributed by atoms with Gasteiger partial charge < -0.3 is 14.6 Å².